The summed E-state index contributed by atoms with van der Waals surface area (Å²) in [7, 11) is 1.80. The first-order chi connectivity index (χ1) is 5.25. The third-order valence-electron chi connectivity index (χ3n) is 1.80. The van der Waals surface area contributed by atoms with Crippen molar-refractivity contribution in [3.05, 3.63) is 34.9 Å². The van der Waals surface area contributed by atoms with E-state index in [4.69, 9.17) is 0 Å². The smallest absolute Gasteiger partial charge is 0.0286 e. The molecule has 0 radical (unpaired) electrons. The number of aliphatic imine (C=N–C) groups is 1. The van der Waals surface area contributed by atoms with Crippen LogP contribution in [0.15, 0.2) is 23.2 Å². The molecule has 0 spiro atoms. The molecule has 0 bridgehead atoms. The van der Waals surface area contributed by atoms with E-state index in [9.17, 15) is 0 Å². The van der Waals surface area contributed by atoms with Gasteiger partial charge in [-0.05, 0) is 30.5 Å². The van der Waals surface area contributed by atoms with E-state index in [1.165, 1.54) is 16.7 Å². The minimum absolute atomic E-state index is 1.25. The van der Waals surface area contributed by atoms with Crippen LogP contribution in [-0.2, 0) is 0 Å². The van der Waals surface area contributed by atoms with Crippen molar-refractivity contribution in [1.82, 2.24) is 0 Å². The Bertz CT molecular complexity index is 254. The Balaban J connectivity index is 3.20. The summed E-state index contributed by atoms with van der Waals surface area (Å²) >= 11 is 0. The summed E-state index contributed by atoms with van der Waals surface area (Å²) in [6.45, 7) is 4.20. The molecule has 0 fully saturated rings. The first-order valence-corrected chi connectivity index (χ1v) is 3.74. The molecular weight excluding hydrogens is 134 g/mol. The molecule has 0 N–H and O–H groups in total. The van der Waals surface area contributed by atoms with Gasteiger partial charge in [0.2, 0.25) is 0 Å². The van der Waals surface area contributed by atoms with Crippen LogP contribution in [0.25, 0.3) is 0 Å². The van der Waals surface area contributed by atoms with Crippen LogP contribution < -0.4 is 0 Å². The maximum Gasteiger partial charge on any atom is 0.0286 e. The second-order valence-corrected chi connectivity index (χ2v) is 2.69. The maximum absolute atomic E-state index is 4.00. The summed E-state index contributed by atoms with van der Waals surface area (Å²) in [6.07, 6.45) is 1.91. The average Bonchev–Trinajstić information content (AvgIpc) is 1.97. The molecule has 1 aromatic carbocycles. The van der Waals surface area contributed by atoms with E-state index in [0.717, 1.165) is 0 Å². The van der Waals surface area contributed by atoms with E-state index < -0.39 is 0 Å². The molecule has 1 nitrogen and oxygen atoms in total. The molecule has 1 aromatic rings. The fourth-order valence-electron chi connectivity index (χ4n) is 1.16. The molecule has 0 atom stereocenters. The quantitative estimate of drug-likeness (QED) is 0.541. The lowest BCUT2D eigenvalue weighted by Crippen LogP contribution is -1.90. The highest BCUT2D eigenvalue weighted by molar-refractivity contribution is 5.83. The zero-order valence-corrected chi connectivity index (χ0v) is 7.26. The van der Waals surface area contributed by atoms with E-state index in [-0.39, 0.29) is 0 Å². The molecule has 0 amide bonds. The number of benzene rings is 1. The van der Waals surface area contributed by atoms with Crippen LogP contribution in [0.2, 0.25) is 0 Å². The van der Waals surface area contributed by atoms with E-state index in [0.29, 0.717) is 0 Å². The van der Waals surface area contributed by atoms with Crippen LogP contribution >= 0.6 is 0 Å². The van der Waals surface area contributed by atoms with Gasteiger partial charge < -0.3 is 0 Å². The van der Waals surface area contributed by atoms with Gasteiger partial charge in [-0.1, -0.05) is 18.2 Å². The molecule has 1 rings (SSSR count). The molecule has 0 aliphatic heterocycles. The van der Waals surface area contributed by atoms with Crippen molar-refractivity contribution in [2.45, 2.75) is 13.8 Å². The van der Waals surface area contributed by atoms with E-state index >= 15 is 0 Å². The van der Waals surface area contributed by atoms with Gasteiger partial charge >= 0.3 is 0 Å². The van der Waals surface area contributed by atoms with Crippen LogP contribution in [0.1, 0.15) is 16.7 Å². The molecule has 11 heavy (non-hydrogen) atoms. The molecule has 0 saturated heterocycles. The molecule has 1 heteroatoms. The van der Waals surface area contributed by atoms with Crippen molar-refractivity contribution in [2.24, 2.45) is 4.99 Å². The Kier molecular flexibility index (Phi) is 2.42. The minimum Gasteiger partial charge on any atom is -0.296 e. The summed E-state index contributed by atoms with van der Waals surface area (Å²) in [6, 6.07) is 6.27. The van der Waals surface area contributed by atoms with Gasteiger partial charge in [-0.25, -0.2) is 0 Å². The predicted octanol–water partition coefficient (Wildman–Crippen LogP) is 2.35. The normalized spacial score (nSPS) is 10.8. The lowest BCUT2D eigenvalue weighted by Gasteiger charge is -2.02. The van der Waals surface area contributed by atoms with Gasteiger partial charge in [0, 0.05) is 13.3 Å². The zero-order valence-electron chi connectivity index (χ0n) is 7.26. The van der Waals surface area contributed by atoms with Gasteiger partial charge in [0.25, 0.3) is 0 Å². The number of nitrogens with zero attached hydrogens (tertiary/aromatic N) is 1. The highest BCUT2D eigenvalue weighted by Crippen LogP contribution is 2.09. The van der Waals surface area contributed by atoms with Gasteiger partial charge in [0.15, 0.2) is 0 Å². The standard InChI is InChI=1S/C10H13N/c1-8-5-4-6-9(2)10(8)7-11-3/h4-7H,1-3H3. The maximum atomic E-state index is 4.00. The summed E-state index contributed by atoms with van der Waals surface area (Å²) < 4.78 is 0. The van der Waals surface area contributed by atoms with E-state index in [1.54, 1.807) is 7.05 Å². The minimum atomic E-state index is 1.25. The average molecular weight is 147 g/mol. The van der Waals surface area contributed by atoms with Crippen molar-refractivity contribution in [3.8, 4) is 0 Å². The Morgan fingerprint density at radius 2 is 1.73 bits per heavy atom. The molecular formula is C10H13N. The summed E-state index contributed by atoms with van der Waals surface area (Å²) in [4.78, 5) is 4.00. The predicted molar refractivity (Wildman–Crippen MR) is 49.4 cm³/mol. The first-order valence-electron chi connectivity index (χ1n) is 3.74. The number of aryl methyl sites for hydroxylation is 2. The highest BCUT2D eigenvalue weighted by Gasteiger charge is 1.96. The monoisotopic (exact) mass is 147 g/mol. The van der Waals surface area contributed by atoms with Gasteiger partial charge in [-0.15, -0.1) is 0 Å². The number of hydrogen-bond acceptors (Lipinski definition) is 1. The van der Waals surface area contributed by atoms with Crippen molar-refractivity contribution in [2.75, 3.05) is 7.05 Å². The van der Waals surface area contributed by atoms with Crippen LogP contribution in [0.5, 0.6) is 0 Å². The lowest BCUT2D eigenvalue weighted by molar-refractivity contribution is 1.35. The summed E-state index contributed by atoms with van der Waals surface area (Å²) in [5.74, 6) is 0. The van der Waals surface area contributed by atoms with Crippen molar-refractivity contribution >= 4 is 6.21 Å². The zero-order chi connectivity index (χ0) is 8.27. The topological polar surface area (TPSA) is 12.4 Å². The fourth-order valence-corrected chi connectivity index (χ4v) is 1.16. The number of hydrogen-bond donors (Lipinski definition) is 0. The molecule has 0 saturated carbocycles. The molecule has 0 unspecified atom stereocenters. The molecule has 0 aromatic heterocycles. The van der Waals surface area contributed by atoms with Gasteiger partial charge in [-0.3, -0.25) is 4.99 Å². The van der Waals surface area contributed by atoms with Gasteiger partial charge in [0.05, 0.1) is 0 Å². The highest BCUT2D eigenvalue weighted by atomic mass is 14.6. The van der Waals surface area contributed by atoms with Crippen molar-refractivity contribution in [3.63, 3.8) is 0 Å². The first kappa shape index (κ1) is 7.99. The Labute approximate surface area is 67.8 Å². The van der Waals surface area contributed by atoms with E-state index in [1.807, 2.05) is 6.21 Å². The molecule has 0 aliphatic carbocycles. The molecule has 58 valence electrons. The van der Waals surface area contributed by atoms with Crippen LogP contribution in [0.3, 0.4) is 0 Å². The van der Waals surface area contributed by atoms with E-state index in [2.05, 4.69) is 37.0 Å². The second-order valence-electron chi connectivity index (χ2n) is 2.69. The van der Waals surface area contributed by atoms with Crippen molar-refractivity contribution in [1.29, 1.82) is 0 Å². The van der Waals surface area contributed by atoms with Gasteiger partial charge in [0.1, 0.15) is 0 Å². The SMILES string of the molecule is CN=Cc1c(C)cccc1C. The lowest BCUT2D eigenvalue weighted by atomic mass is 10.0. The Morgan fingerprint density at radius 1 is 1.18 bits per heavy atom. The summed E-state index contributed by atoms with van der Waals surface area (Å²) in [5.41, 5.74) is 3.82. The second kappa shape index (κ2) is 3.33. The Morgan fingerprint density at radius 3 is 2.18 bits per heavy atom. The third-order valence-corrected chi connectivity index (χ3v) is 1.80. The summed E-state index contributed by atoms with van der Waals surface area (Å²) in [5, 5.41) is 0. The van der Waals surface area contributed by atoms with Crippen LogP contribution in [0, 0.1) is 13.8 Å². The van der Waals surface area contributed by atoms with Crippen LogP contribution in [-0.4, -0.2) is 13.3 Å². The number of rotatable bonds is 1. The van der Waals surface area contributed by atoms with Crippen molar-refractivity contribution < 1.29 is 0 Å². The van der Waals surface area contributed by atoms with Crippen LogP contribution in [0.4, 0.5) is 0 Å². The largest absolute Gasteiger partial charge is 0.296 e. The fraction of sp³-hybridized carbons (Fsp3) is 0.300. The molecule has 0 heterocycles. The molecule has 0 aliphatic rings. The Hall–Kier alpha value is -1.11. The third kappa shape index (κ3) is 1.67. The van der Waals surface area contributed by atoms with Gasteiger partial charge in [-0.2, -0.15) is 0 Å².